The Labute approximate surface area is 716 Å². The number of hydrogen-bond acceptors (Lipinski definition) is 23. The second-order valence-corrected chi connectivity index (χ2v) is 34.1. The minimum Gasteiger partial charge on any atom is -0.480 e. The van der Waals surface area contributed by atoms with Gasteiger partial charge < -0.3 is 120 Å². The summed E-state index contributed by atoms with van der Waals surface area (Å²) in [5.41, 5.74) is 11.5. The lowest BCUT2D eigenvalue weighted by atomic mass is 9.96. The number of benzene rings is 1. The van der Waals surface area contributed by atoms with Crippen molar-refractivity contribution in [3.05, 3.63) is 35.9 Å². The molecule has 4 saturated heterocycles. The second-order valence-electron chi connectivity index (χ2n) is 34.1. The minimum absolute atomic E-state index is 0.0146. The first-order valence-corrected chi connectivity index (χ1v) is 42.6. The van der Waals surface area contributed by atoms with Gasteiger partial charge in [0, 0.05) is 39.0 Å². The molecule has 1 aromatic rings. The number of aliphatic hydroxyl groups is 4. The van der Waals surface area contributed by atoms with Gasteiger partial charge in [-0.2, -0.15) is 0 Å². The average molecular weight is 1740 g/mol. The van der Waals surface area contributed by atoms with Crippen molar-refractivity contribution in [3.8, 4) is 0 Å². The SMILES string of the molecule is CC[C@H](C)[C@H](NC(=O)[C@@H]1CCCN1C(=O)CNC(=O)[C@@H]1CCCN1C(=O)[C@H](CC(C)C)NC(=O)[C@@H](NC(=O)[C@@H](NC(=O)[C@@H](NC(=O)[C@@H](NC(=O)[C@@H]1CCCN1C(=O)[C@@H](N)CO)C(C)C)C(C)C)C(C)C)[C@@H](C)O)C(=O)N[C@@H](CC(C)C)C(=O)N[C@@H](CO)C(=O)N[C@@H](CO)C(=O)N[C@@H](Cc1ccccc1)C(=O)N1CCC[C@H]1C(=O)N[C@@H](CCC(N)=O)C(=O)O. The highest BCUT2D eigenvalue weighted by Crippen LogP contribution is 2.26. The third kappa shape index (κ3) is 29.9. The van der Waals surface area contributed by atoms with Gasteiger partial charge in [-0.15, -0.1) is 0 Å². The van der Waals surface area contributed by atoms with E-state index in [0.29, 0.717) is 37.7 Å². The molecular formula is C82H132N18O23. The largest absolute Gasteiger partial charge is 0.480 e. The summed E-state index contributed by atoms with van der Waals surface area (Å²) >= 11 is 0. The Bertz CT molecular complexity index is 3870. The van der Waals surface area contributed by atoms with E-state index in [-0.39, 0.29) is 95.8 Å². The number of likely N-dealkylation sites (tertiary alicyclic amines) is 4. The van der Waals surface area contributed by atoms with E-state index in [1.54, 1.807) is 113 Å². The van der Waals surface area contributed by atoms with E-state index in [1.165, 1.54) is 26.5 Å². The van der Waals surface area contributed by atoms with Gasteiger partial charge in [-0.3, -0.25) is 81.5 Å². The average Bonchev–Trinajstić information content (AvgIpc) is 1.75. The second kappa shape index (κ2) is 49.1. The molecule has 4 aliphatic rings. The highest BCUT2D eigenvalue weighted by atomic mass is 16.4. The van der Waals surface area contributed by atoms with Crippen molar-refractivity contribution in [2.75, 3.05) is 52.5 Å². The number of rotatable bonds is 47. The summed E-state index contributed by atoms with van der Waals surface area (Å²) in [6.45, 7) is 18.4. The van der Waals surface area contributed by atoms with Crippen molar-refractivity contribution in [2.24, 2.45) is 47.0 Å². The van der Waals surface area contributed by atoms with Crippen LogP contribution in [0.25, 0.3) is 0 Å². The van der Waals surface area contributed by atoms with Crippen LogP contribution in [-0.2, 0) is 92.7 Å². The fraction of sp³-hybridized carbons (Fsp3) is 0.707. The number of carboxylic acid groups (broad SMARTS) is 1. The number of nitrogens with zero attached hydrogens (tertiary/aromatic N) is 4. The highest BCUT2D eigenvalue weighted by Gasteiger charge is 2.46. The maximum Gasteiger partial charge on any atom is 0.326 e. The van der Waals surface area contributed by atoms with Crippen LogP contribution in [0, 0.1) is 35.5 Å². The molecule has 17 amide bonds. The lowest BCUT2D eigenvalue weighted by molar-refractivity contribution is -0.145. The number of carboxylic acids is 1. The summed E-state index contributed by atoms with van der Waals surface area (Å²) in [6, 6.07) is -13.6. The first-order valence-electron chi connectivity index (χ1n) is 42.6. The molecule has 41 nitrogen and oxygen atoms in total. The van der Waals surface area contributed by atoms with Crippen LogP contribution in [-0.4, -0.2) is 307 Å². The number of carbonyl (C=O) groups excluding carboxylic acids is 17. The van der Waals surface area contributed by atoms with Crippen LogP contribution < -0.4 is 75.3 Å². The Morgan fingerprint density at radius 1 is 0.415 bits per heavy atom. The van der Waals surface area contributed by atoms with Crippen molar-refractivity contribution in [3.63, 3.8) is 0 Å². The molecule has 41 heteroatoms. The highest BCUT2D eigenvalue weighted by molar-refractivity contribution is 6.01. The van der Waals surface area contributed by atoms with Crippen molar-refractivity contribution in [1.29, 1.82) is 0 Å². The van der Waals surface area contributed by atoms with Crippen molar-refractivity contribution >= 4 is 106 Å². The molecule has 0 aromatic heterocycles. The third-order valence-corrected chi connectivity index (χ3v) is 22.4. The first-order chi connectivity index (χ1) is 57.9. The van der Waals surface area contributed by atoms with Crippen LogP contribution in [0.5, 0.6) is 0 Å². The van der Waals surface area contributed by atoms with Crippen LogP contribution in [0.1, 0.15) is 179 Å². The van der Waals surface area contributed by atoms with Gasteiger partial charge in [0.2, 0.25) is 100 Å². The molecule has 5 rings (SSSR count). The van der Waals surface area contributed by atoms with E-state index < -0.39 is 259 Å². The van der Waals surface area contributed by atoms with Crippen LogP contribution in [0.15, 0.2) is 30.3 Å². The molecule has 688 valence electrons. The topological polar surface area (TPSA) is 618 Å². The van der Waals surface area contributed by atoms with Gasteiger partial charge in [0.1, 0.15) is 96.7 Å². The number of nitrogens with two attached hydrogens (primary N) is 2. The van der Waals surface area contributed by atoms with Crippen molar-refractivity contribution in [2.45, 2.75) is 283 Å². The molecule has 18 atom stereocenters. The zero-order valence-electron chi connectivity index (χ0n) is 72.8. The summed E-state index contributed by atoms with van der Waals surface area (Å²) < 4.78 is 0. The van der Waals surface area contributed by atoms with Gasteiger partial charge in [-0.05, 0) is 119 Å². The Morgan fingerprint density at radius 3 is 1.21 bits per heavy atom. The van der Waals surface area contributed by atoms with Crippen LogP contribution in [0.4, 0.5) is 0 Å². The van der Waals surface area contributed by atoms with E-state index in [0.717, 1.165) is 0 Å². The predicted molar refractivity (Wildman–Crippen MR) is 443 cm³/mol. The van der Waals surface area contributed by atoms with Gasteiger partial charge >= 0.3 is 5.97 Å². The molecule has 0 saturated carbocycles. The minimum atomic E-state index is -1.82. The third-order valence-electron chi connectivity index (χ3n) is 22.4. The number of primary amides is 1. The van der Waals surface area contributed by atoms with E-state index in [4.69, 9.17) is 11.5 Å². The molecule has 0 bridgehead atoms. The van der Waals surface area contributed by atoms with E-state index in [9.17, 15) is 112 Å². The summed E-state index contributed by atoms with van der Waals surface area (Å²) in [5.74, 6) is -18.5. The lowest BCUT2D eigenvalue weighted by Gasteiger charge is -2.32. The number of carbonyl (C=O) groups is 18. The number of nitrogens with one attached hydrogen (secondary N) is 12. The van der Waals surface area contributed by atoms with Crippen LogP contribution >= 0.6 is 0 Å². The van der Waals surface area contributed by atoms with Crippen LogP contribution in [0.3, 0.4) is 0 Å². The van der Waals surface area contributed by atoms with Gasteiger partial charge in [0.15, 0.2) is 0 Å². The lowest BCUT2D eigenvalue weighted by Crippen LogP contribution is -2.63. The molecule has 0 unspecified atom stereocenters. The predicted octanol–water partition coefficient (Wildman–Crippen LogP) is -5.22. The molecule has 4 aliphatic heterocycles. The Kier molecular flexibility index (Phi) is 41.1. The van der Waals surface area contributed by atoms with Gasteiger partial charge in [0.05, 0.1) is 32.5 Å². The maximum atomic E-state index is 14.7. The molecule has 4 heterocycles. The Balaban J connectivity index is 1.20. The fourth-order valence-corrected chi connectivity index (χ4v) is 15.2. The Morgan fingerprint density at radius 2 is 0.780 bits per heavy atom. The maximum absolute atomic E-state index is 14.7. The van der Waals surface area contributed by atoms with Crippen molar-refractivity contribution in [1.82, 2.24) is 83.4 Å². The number of aliphatic carboxylic acids is 1. The normalized spacial score (nSPS) is 19.9. The standard InChI is InChI=1S/C82H132N18O23/c1-14-46(12)65(77(117)87-51(34-41(2)3)67(107)90-55(40-103)69(109)91-54(39-102)68(108)88-53(36-48-22-16-15-17-23-48)81(121)100-33-21-26-58(100)71(111)86-50(82(122)123)28-29-60(84)105)95-72(112)57-25-18-30-97(57)61(106)37-85-70(110)56-24-19-32-99(56)80(120)52(35-42(4)5)89-78(118)66(47(13)104)96-76(116)64(45(10)11)94-75(115)63(44(8)9)93-74(114)62(43(6)7)92-73(113)59-27-20-31-98(59)79(119)49(83)38-101/h15-17,22-23,41-47,49-59,62-66,101-104H,14,18-21,24-40,83H2,1-13H3,(H2,84,105)(H,85,110)(H,86,111)(H,87,117)(H,88,108)(H,89,118)(H,90,107)(H,91,109)(H,92,113)(H,93,114)(H,94,115)(H,95,112)(H,96,116)(H,122,123)/t46-,47+,49-,50-,51-,52-,53-,54-,55-,56-,57-,58-,59-,62-,63-,64-,65-,66-/m0/s1. The molecule has 4 fully saturated rings. The van der Waals surface area contributed by atoms with Gasteiger partial charge in [0.25, 0.3) is 0 Å². The zero-order chi connectivity index (χ0) is 92.1. The van der Waals surface area contributed by atoms with Gasteiger partial charge in [-0.25, -0.2) is 4.79 Å². The monoisotopic (exact) mass is 1740 g/mol. The summed E-state index contributed by atoms with van der Waals surface area (Å²) in [5, 5.41) is 82.1. The Hall–Kier alpha value is -10.5. The zero-order valence-corrected chi connectivity index (χ0v) is 72.8. The summed E-state index contributed by atoms with van der Waals surface area (Å²) in [6.07, 6.45) is -0.0613. The first kappa shape index (κ1) is 103. The number of amides is 17. The van der Waals surface area contributed by atoms with Gasteiger partial charge in [-0.1, -0.05) is 120 Å². The van der Waals surface area contributed by atoms with E-state index in [1.807, 2.05) is 0 Å². The van der Waals surface area contributed by atoms with Crippen molar-refractivity contribution < 1.29 is 112 Å². The molecule has 0 aliphatic carbocycles. The summed E-state index contributed by atoms with van der Waals surface area (Å²) in [7, 11) is 0. The van der Waals surface area contributed by atoms with Crippen LogP contribution in [0.2, 0.25) is 0 Å². The molecule has 1 aromatic carbocycles. The molecule has 0 radical (unpaired) electrons. The fourth-order valence-electron chi connectivity index (χ4n) is 15.2. The molecule has 123 heavy (non-hydrogen) atoms. The molecular weight excluding hydrogens is 1610 g/mol. The molecule has 21 N–H and O–H groups in total. The quantitative estimate of drug-likeness (QED) is 0.0290. The van der Waals surface area contributed by atoms with E-state index in [2.05, 4.69) is 63.8 Å². The summed E-state index contributed by atoms with van der Waals surface area (Å²) in [4.78, 5) is 253. The number of hydrogen-bond donors (Lipinski definition) is 19. The van der Waals surface area contributed by atoms with E-state index >= 15 is 0 Å². The molecule has 0 spiro atoms. The smallest absolute Gasteiger partial charge is 0.326 e. The number of aliphatic hydroxyl groups excluding tert-OH is 4.